The molecule has 4 aromatic rings. The number of hydrogen-bond donors (Lipinski definition) is 5. The quantitative estimate of drug-likeness (QED) is 0.0247. The molecule has 67 heavy (non-hydrogen) atoms. The van der Waals surface area contributed by atoms with Crippen LogP contribution in [0.4, 0.5) is 11.4 Å². The summed E-state index contributed by atoms with van der Waals surface area (Å²) in [5, 5.41) is 51.7. The SMILES string of the molecule is C#Cc1cccc(Nc2c(C#N)cnc3cc(OCCOCCO/N=C/c4ccc([O-])c(C(=O)NCN5CCC(CN)(CN)CC5)c4)c(OCCOC)cc23)c1.O=C([O-])C1(C(=O)O)CCC1.[Pt+2]. The molecule has 2 aliphatic rings. The summed E-state index contributed by atoms with van der Waals surface area (Å²) in [7, 11) is 1.58. The minimum absolute atomic E-state index is 0. The first-order valence-corrected chi connectivity index (χ1v) is 21.3. The van der Waals surface area contributed by atoms with Crippen LogP contribution in [-0.2, 0) is 45.0 Å². The number of amides is 1. The zero-order valence-corrected chi connectivity index (χ0v) is 39.3. The number of fused-ring (bicyclic) bond motifs is 1. The molecule has 358 valence electrons. The van der Waals surface area contributed by atoms with Crippen molar-refractivity contribution in [2.75, 3.05) is 84.9 Å². The van der Waals surface area contributed by atoms with E-state index in [2.05, 4.69) is 37.7 Å². The number of nitriles is 1. The van der Waals surface area contributed by atoms with Crippen LogP contribution in [-0.4, -0.2) is 119 Å². The number of carbonyl (C=O) groups is 3. The van der Waals surface area contributed by atoms with E-state index >= 15 is 0 Å². The van der Waals surface area contributed by atoms with Crippen LogP contribution in [0.3, 0.4) is 0 Å². The van der Waals surface area contributed by atoms with Gasteiger partial charge in [-0.1, -0.05) is 41.4 Å². The Morgan fingerprint density at radius 2 is 1.69 bits per heavy atom. The van der Waals surface area contributed by atoms with Crippen molar-refractivity contribution in [1.82, 2.24) is 15.2 Å². The average Bonchev–Trinajstić information content (AvgIpc) is 3.30. The number of hydrogen-bond acceptors (Lipinski definition) is 17. The minimum Gasteiger partial charge on any atom is -0.872 e. The first kappa shape index (κ1) is 53.3. The van der Waals surface area contributed by atoms with Gasteiger partial charge in [-0.2, -0.15) is 5.26 Å². The number of nitrogens with two attached hydrogens (primary N) is 2. The standard InChI is InChI=1S/C41H48N8O7.C6H8O4.Pt/c1-3-29-5-4-6-32(19-29)48-39-31(23-42)25-45-35-22-38(37(21-33(35)39)54-16-13-52-2)55-17-14-53-15-18-56-47-24-30-7-8-36(50)34(20-30)40(51)46-28-49-11-9-41(26-43,27-44)10-12-49;7-4(8)6(5(9)10)2-1-3-6;/h1,4-8,19-22,24-25,50H,9-18,26-28,43-44H2,2H3,(H,45,48)(H,46,51);1-3H2,(H,7,8)(H,9,10);/q;;+2/p-2/b47-24+;;. The van der Waals surface area contributed by atoms with Crippen LogP contribution in [0.5, 0.6) is 17.2 Å². The molecule has 1 saturated heterocycles. The fourth-order valence-electron chi connectivity index (χ4n) is 7.07. The van der Waals surface area contributed by atoms with Gasteiger partial charge in [0, 0.05) is 54.7 Å². The maximum absolute atomic E-state index is 12.8. The number of nitrogens with one attached hydrogen (secondary N) is 2. The van der Waals surface area contributed by atoms with Crippen LogP contribution in [0, 0.1) is 34.5 Å². The number of carboxylic acid groups (broad SMARTS) is 2. The smallest absolute Gasteiger partial charge is 0.872 e. The number of anilines is 2. The third-order valence-electron chi connectivity index (χ3n) is 11.5. The molecule has 1 aromatic heterocycles. The second-order valence-corrected chi connectivity index (χ2v) is 15.7. The number of piperidine rings is 1. The molecule has 0 bridgehead atoms. The van der Waals surface area contributed by atoms with E-state index in [1.807, 2.05) is 24.3 Å². The van der Waals surface area contributed by atoms with Gasteiger partial charge in [0.05, 0.1) is 55.4 Å². The summed E-state index contributed by atoms with van der Waals surface area (Å²) in [6, 6.07) is 17.4. The third kappa shape index (κ3) is 14.3. The summed E-state index contributed by atoms with van der Waals surface area (Å²) in [5.41, 5.74) is 13.7. The average molecular weight is 1100 g/mol. The molecule has 20 heteroatoms. The Kier molecular flexibility index (Phi) is 20.8. The number of terminal acetylenes is 1. The van der Waals surface area contributed by atoms with Crippen molar-refractivity contribution in [1.29, 1.82) is 5.26 Å². The molecular weight excluding hydrogens is 1050 g/mol. The molecule has 0 atom stereocenters. The second kappa shape index (κ2) is 26.1. The molecule has 0 spiro atoms. The van der Waals surface area contributed by atoms with E-state index in [9.17, 15) is 29.9 Å². The summed E-state index contributed by atoms with van der Waals surface area (Å²) in [5.74, 6) is -0.0505. The Hall–Kier alpha value is -6.31. The maximum Gasteiger partial charge on any atom is 2.00 e. The Morgan fingerprint density at radius 3 is 2.30 bits per heavy atom. The van der Waals surface area contributed by atoms with Gasteiger partial charge in [0.2, 0.25) is 0 Å². The van der Waals surface area contributed by atoms with E-state index in [4.69, 9.17) is 46.8 Å². The Labute approximate surface area is 403 Å². The number of oxime groups is 1. The molecule has 3 aromatic carbocycles. The van der Waals surface area contributed by atoms with Crippen LogP contribution < -0.4 is 41.8 Å². The second-order valence-electron chi connectivity index (χ2n) is 15.7. The van der Waals surface area contributed by atoms with Gasteiger partial charge in [0.25, 0.3) is 5.91 Å². The number of methoxy groups -OCH3 is 1. The van der Waals surface area contributed by atoms with Gasteiger partial charge in [-0.15, -0.1) is 6.42 Å². The fraction of sp³-hybridized carbons (Fsp3) is 0.404. The number of ether oxygens (including phenoxy) is 4. The van der Waals surface area contributed by atoms with E-state index < -0.39 is 23.3 Å². The Morgan fingerprint density at radius 1 is 0.985 bits per heavy atom. The van der Waals surface area contributed by atoms with Gasteiger partial charge < -0.3 is 66.0 Å². The van der Waals surface area contributed by atoms with E-state index in [1.54, 1.807) is 25.3 Å². The normalized spacial score (nSPS) is 14.8. The fourth-order valence-corrected chi connectivity index (χ4v) is 7.07. The molecule has 1 aliphatic carbocycles. The summed E-state index contributed by atoms with van der Waals surface area (Å²) >= 11 is 0. The maximum atomic E-state index is 12.8. The van der Waals surface area contributed by atoms with Crippen LogP contribution >= 0.6 is 0 Å². The zero-order valence-electron chi connectivity index (χ0n) is 37.0. The molecular formula is C47H54N8O11Pt. The van der Waals surface area contributed by atoms with Gasteiger partial charge >= 0.3 is 27.0 Å². The van der Waals surface area contributed by atoms with E-state index in [0.29, 0.717) is 77.6 Å². The number of aliphatic carboxylic acids is 2. The van der Waals surface area contributed by atoms with Gasteiger partial charge in [-0.05, 0) is 80.1 Å². The van der Waals surface area contributed by atoms with Gasteiger partial charge in [0.1, 0.15) is 31.3 Å². The van der Waals surface area contributed by atoms with E-state index in [-0.39, 0.29) is 83.7 Å². The van der Waals surface area contributed by atoms with Gasteiger partial charge in [0.15, 0.2) is 11.5 Å². The molecule has 0 unspecified atom stereocenters. The first-order valence-electron chi connectivity index (χ1n) is 21.3. The molecule has 2 fully saturated rings. The number of benzene rings is 3. The van der Waals surface area contributed by atoms with Crippen LogP contribution in [0.2, 0.25) is 0 Å². The number of rotatable bonds is 22. The Balaban J connectivity index is 0.000000788. The predicted molar refractivity (Wildman–Crippen MR) is 240 cm³/mol. The first-order chi connectivity index (χ1) is 31.9. The number of carboxylic acids is 2. The molecule has 2 heterocycles. The van der Waals surface area contributed by atoms with E-state index in [1.165, 1.54) is 24.5 Å². The zero-order chi connectivity index (χ0) is 47.5. The molecule has 1 saturated carbocycles. The molecule has 19 nitrogen and oxygen atoms in total. The van der Waals surface area contributed by atoms with Crippen molar-refractivity contribution < 1.29 is 74.6 Å². The predicted octanol–water partition coefficient (Wildman–Crippen LogP) is 2.05. The van der Waals surface area contributed by atoms with Crippen molar-refractivity contribution in [3.8, 4) is 35.7 Å². The summed E-state index contributed by atoms with van der Waals surface area (Å²) in [6.45, 7) is 4.39. The molecule has 6 rings (SSSR count). The molecule has 1 aliphatic heterocycles. The largest absolute Gasteiger partial charge is 2.00 e. The van der Waals surface area contributed by atoms with Crippen molar-refractivity contribution in [3.05, 3.63) is 83.0 Å². The van der Waals surface area contributed by atoms with Gasteiger partial charge in [-0.3, -0.25) is 19.5 Å². The summed E-state index contributed by atoms with van der Waals surface area (Å²) < 4.78 is 22.9. The topological polar surface area (TPSA) is 292 Å². The number of nitrogens with zero attached hydrogens (tertiary/aromatic N) is 4. The number of likely N-dealkylation sites (tertiary alicyclic amines) is 1. The molecule has 1 amide bonds. The van der Waals surface area contributed by atoms with Crippen LogP contribution in [0.15, 0.2) is 65.9 Å². The summed E-state index contributed by atoms with van der Waals surface area (Å²) in [6.07, 6.45) is 11.3. The summed E-state index contributed by atoms with van der Waals surface area (Å²) in [4.78, 5) is 45.3. The molecule has 0 radical (unpaired) electrons. The van der Waals surface area contributed by atoms with Crippen molar-refractivity contribution in [2.45, 2.75) is 32.1 Å². The Bertz CT molecular complexity index is 2410. The minimum atomic E-state index is -1.56. The monoisotopic (exact) mass is 1100 g/mol. The van der Waals surface area contributed by atoms with Gasteiger partial charge in [-0.25, -0.2) is 0 Å². The molecule has 7 N–H and O–H groups in total. The van der Waals surface area contributed by atoms with Crippen LogP contribution in [0.1, 0.15) is 59.2 Å². The van der Waals surface area contributed by atoms with Crippen LogP contribution in [0.25, 0.3) is 10.9 Å². The number of pyridine rings is 1. The third-order valence-corrected chi connectivity index (χ3v) is 11.5. The number of carbonyl (C=O) groups excluding carboxylic acids is 2. The number of aromatic nitrogens is 1. The van der Waals surface area contributed by atoms with Crippen molar-refractivity contribution >= 4 is 46.3 Å². The van der Waals surface area contributed by atoms with E-state index in [0.717, 1.165) is 31.6 Å². The van der Waals surface area contributed by atoms with Crippen molar-refractivity contribution in [3.63, 3.8) is 0 Å². The van der Waals surface area contributed by atoms with Crippen molar-refractivity contribution in [2.24, 2.45) is 27.5 Å².